The van der Waals surface area contributed by atoms with Gasteiger partial charge in [-0.2, -0.15) is 0 Å². The van der Waals surface area contributed by atoms with Gasteiger partial charge in [0.15, 0.2) is 0 Å². The second kappa shape index (κ2) is 17.6. The van der Waals surface area contributed by atoms with Crippen molar-refractivity contribution in [2.24, 2.45) is 0 Å². The van der Waals surface area contributed by atoms with Crippen LogP contribution in [-0.2, 0) is 12.8 Å². The van der Waals surface area contributed by atoms with Gasteiger partial charge in [0.1, 0.15) is 0 Å². The van der Waals surface area contributed by atoms with Crippen LogP contribution in [0.2, 0.25) is 0 Å². The van der Waals surface area contributed by atoms with E-state index in [0.717, 1.165) is 0 Å². The van der Waals surface area contributed by atoms with Crippen LogP contribution < -0.4 is 0 Å². The molecule has 2 aromatic carbocycles. The van der Waals surface area contributed by atoms with Crippen LogP contribution in [0.1, 0.15) is 115 Å². The molecule has 0 nitrogen and oxygen atoms in total. The zero-order valence-corrected chi connectivity index (χ0v) is 21.7. The molecule has 1 heteroatoms. The molecule has 0 saturated carbocycles. The van der Waals surface area contributed by atoms with Gasteiger partial charge in [-0.3, -0.25) is 0 Å². The third kappa shape index (κ3) is 10.7. The number of hydrogen-bond acceptors (Lipinski definition) is 0. The van der Waals surface area contributed by atoms with E-state index in [-0.39, 0.29) is 37.7 Å². The zero-order valence-electron chi connectivity index (χ0n) is 19.5. The first-order valence-electron chi connectivity index (χ1n) is 12.4. The first-order valence-corrected chi connectivity index (χ1v) is 12.4. The van der Waals surface area contributed by atoms with E-state index in [0.29, 0.717) is 0 Å². The molecular formula is C28H44Ca+2. The molecule has 156 valence electrons. The number of unbranched alkanes of at least 4 members (excludes halogenated alkanes) is 12. The van der Waals surface area contributed by atoms with Crippen LogP contribution in [0.25, 0.3) is 10.8 Å². The summed E-state index contributed by atoms with van der Waals surface area (Å²) in [5.41, 5.74) is 3.27. The Balaban J connectivity index is 0.00000420. The Morgan fingerprint density at radius 3 is 1.66 bits per heavy atom. The average molecular weight is 421 g/mol. The largest absolute Gasteiger partial charge is 2.00 e. The maximum Gasteiger partial charge on any atom is 2.00 e. The summed E-state index contributed by atoms with van der Waals surface area (Å²) in [7, 11) is 0. The molecule has 0 unspecified atom stereocenters. The van der Waals surface area contributed by atoms with Crippen LogP contribution in [0.3, 0.4) is 0 Å². The van der Waals surface area contributed by atoms with Crippen molar-refractivity contribution >= 4 is 48.5 Å². The van der Waals surface area contributed by atoms with Crippen molar-refractivity contribution in [1.29, 1.82) is 0 Å². The van der Waals surface area contributed by atoms with Crippen LogP contribution >= 0.6 is 0 Å². The van der Waals surface area contributed by atoms with Crippen molar-refractivity contribution in [3.63, 3.8) is 0 Å². The van der Waals surface area contributed by atoms with Crippen molar-refractivity contribution < 1.29 is 0 Å². The van der Waals surface area contributed by atoms with Gasteiger partial charge in [0, 0.05) is 0 Å². The van der Waals surface area contributed by atoms with Gasteiger partial charge in [-0.05, 0) is 47.6 Å². The van der Waals surface area contributed by atoms with Crippen LogP contribution in [0, 0.1) is 0 Å². The molecule has 0 bridgehead atoms. The van der Waals surface area contributed by atoms with Crippen molar-refractivity contribution in [2.45, 2.75) is 117 Å². The fourth-order valence-electron chi connectivity index (χ4n) is 4.44. The number of rotatable bonds is 16. The van der Waals surface area contributed by atoms with Crippen LogP contribution in [0.4, 0.5) is 0 Å². The Morgan fingerprint density at radius 2 is 1.03 bits per heavy atom. The predicted molar refractivity (Wildman–Crippen MR) is 133 cm³/mol. The van der Waals surface area contributed by atoms with E-state index in [9.17, 15) is 0 Å². The summed E-state index contributed by atoms with van der Waals surface area (Å²) < 4.78 is 0. The van der Waals surface area contributed by atoms with E-state index in [1.165, 1.54) is 114 Å². The summed E-state index contributed by atoms with van der Waals surface area (Å²) in [6, 6.07) is 13.8. The van der Waals surface area contributed by atoms with Gasteiger partial charge >= 0.3 is 37.7 Å². The van der Waals surface area contributed by atoms with Gasteiger partial charge < -0.3 is 0 Å². The van der Waals surface area contributed by atoms with Gasteiger partial charge in [-0.15, -0.1) is 0 Å². The van der Waals surface area contributed by atoms with Crippen molar-refractivity contribution in [1.82, 2.24) is 0 Å². The van der Waals surface area contributed by atoms with Gasteiger partial charge in [0.05, 0.1) is 0 Å². The molecule has 2 rings (SSSR count). The molecule has 0 spiro atoms. The van der Waals surface area contributed by atoms with E-state index < -0.39 is 0 Å². The minimum atomic E-state index is 0. The Morgan fingerprint density at radius 1 is 0.517 bits per heavy atom. The van der Waals surface area contributed by atoms with Gasteiger partial charge in [0.25, 0.3) is 0 Å². The molecule has 0 aliphatic carbocycles. The third-order valence-corrected chi connectivity index (χ3v) is 6.22. The van der Waals surface area contributed by atoms with Gasteiger partial charge in [-0.1, -0.05) is 127 Å². The summed E-state index contributed by atoms with van der Waals surface area (Å²) in [6.07, 6.45) is 22.1. The van der Waals surface area contributed by atoms with E-state index in [1.807, 2.05) is 0 Å². The first-order chi connectivity index (χ1) is 13.9. The third-order valence-electron chi connectivity index (χ3n) is 6.22. The van der Waals surface area contributed by atoms with E-state index in [4.69, 9.17) is 0 Å². The average Bonchev–Trinajstić information content (AvgIpc) is 2.73. The number of benzene rings is 2. The molecule has 0 atom stereocenters. The smallest absolute Gasteiger partial charge is 0.0654 e. The summed E-state index contributed by atoms with van der Waals surface area (Å²) >= 11 is 0. The predicted octanol–water partition coefficient (Wildman–Crippen LogP) is 9.05. The fourth-order valence-corrected chi connectivity index (χ4v) is 4.44. The molecule has 0 saturated heterocycles. The standard InChI is InChI=1S/C28H44.Ca/c1-3-5-7-9-11-13-15-19-25-23-24-26-20-17-18-22-28(26)27(25)21-16-14-12-10-8-6-4-2;/h17-18,20,22-24H,3-16,19,21H2,1-2H3;/q;+2. The minimum Gasteiger partial charge on any atom is -0.0654 e. The molecule has 0 aliphatic rings. The van der Waals surface area contributed by atoms with Gasteiger partial charge in [0.2, 0.25) is 0 Å². The van der Waals surface area contributed by atoms with Crippen molar-refractivity contribution in [3.05, 3.63) is 47.5 Å². The van der Waals surface area contributed by atoms with E-state index in [1.54, 1.807) is 11.1 Å². The molecule has 0 amide bonds. The molecule has 29 heavy (non-hydrogen) atoms. The van der Waals surface area contributed by atoms with Crippen LogP contribution in [0.15, 0.2) is 36.4 Å². The van der Waals surface area contributed by atoms with Crippen LogP contribution in [-0.4, -0.2) is 37.7 Å². The second-order valence-electron chi connectivity index (χ2n) is 8.67. The quantitative estimate of drug-likeness (QED) is 0.188. The summed E-state index contributed by atoms with van der Waals surface area (Å²) in [5, 5.41) is 2.93. The Bertz CT molecular complexity index is 646. The normalized spacial score (nSPS) is 11.0. The number of aryl methyl sites for hydroxylation is 2. The molecule has 0 heterocycles. The van der Waals surface area contributed by atoms with Crippen LogP contribution in [0.5, 0.6) is 0 Å². The molecule has 2 aromatic rings. The van der Waals surface area contributed by atoms with E-state index >= 15 is 0 Å². The summed E-state index contributed by atoms with van der Waals surface area (Å²) in [5.74, 6) is 0. The maximum atomic E-state index is 2.43. The Hall–Kier alpha value is -0.0403. The molecule has 0 fully saturated rings. The Labute approximate surface area is 211 Å². The molecule has 0 radical (unpaired) electrons. The fraction of sp³-hybridized carbons (Fsp3) is 0.643. The summed E-state index contributed by atoms with van der Waals surface area (Å²) in [6.45, 7) is 4.60. The molecule has 0 aromatic heterocycles. The first kappa shape index (κ1) is 27.0. The second-order valence-corrected chi connectivity index (χ2v) is 8.67. The maximum absolute atomic E-state index is 2.43. The van der Waals surface area contributed by atoms with Gasteiger partial charge in [-0.25, -0.2) is 0 Å². The van der Waals surface area contributed by atoms with Crippen molar-refractivity contribution in [3.8, 4) is 0 Å². The molecular weight excluding hydrogens is 376 g/mol. The monoisotopic (exact) mass is 420 g/mol. The number of hydrogen-bond donors (Lipinski definition) is 0. The topological polar surface area (TPSA) is 0 Å². The SMILES string of the molecule is CCCCCCCCCc1ccc2ccccc2c1CCCCCCCCC.[Ca+2]. The Kier molecular flexibility index (Phi) is 16.4. The molecule has 0 N–H and O–H groups in total. The molecule has 0 aliphatic heterocycles. The van der Waals surface area contributed by atoms with E-state index in [2.05, 4.69) is 50.2 Å². The summed E-state index contributed by atoms with van der Waals surface area (Å²) in [4.78, 5) is 0. The van der Waals surface area contributed by atoms with Crippen molar-refractivity contribution in [2.75, 3.05) is 0 Å². The number of fused-ring (bicyclic) bond motifs is 1. The minimum absolute atomic E-state index is 0. The zero-order chi connectivity index (χ0) is 19.9.